The van der Waals surface area contributed by atoms with Crippen LogP contribution in [-0.4, -0.2) is 92.0 Å². The summed E-state index contributed by atoms with van der Waals surface area (Å²) in [4.78, 5) is 72.7. The number of rotatable bonds is 12. The molecule has 0 saturated heterocycles. The predicted molar refractivity (Wildman–Crippen MR) is 284 cm³/mol. The molecule has 5 heterocycles. The minimum absolute atomic E-state index is 0. The number of nitrogens with zero attached hydrogens (tertiary/aromatic N) is 3. The normalized spacial score (nSPS) is 15.8. The molecule has 6 N–H and O–H groups in total. The number of benzene rings is 3. The molecule has 0 atom stereocenters. The molecule has 14 nitrogen and oxygen atoms in total. The standard InChI is InChI=1S/C18H18ClN3O2S.C14H17NOS.C9H6O2S.C5H11N.C4H3ClN2O2.B.ClH.Na.H/c19-15-8-14(20-21-15)18(24)22(9-11-3-1-4-11)10-13-6-2-5-12-7-16(23)25-17(12)13;16-13-7-11-5-2-6-12(14(11)17-13)9-15-8-10-3-1-4-10;10-5-7-3-1-2-6-4-8(11)12-9(6)7;6-4-5-2-1-3-5;5-3-1-2(4(8)9)6-7-3;;;;/h2,5-6,8,11H,1,3-4,7,9-10H2,(H,20,21);2,5-6,10,15H,1,3-4,7-9H2;1-3,5H,4H2;5H,1-4,6H2;1H,(H,6,7)(H,8,9);;1H;;/q;;;;;;;+1;-1. The molecule has 0 spiro atoms. The van der Waals surface area contributed by atoms with E-state index in [-0.39, 0.29) is 83.9 Å². The van der Waals surface area contributed by atoms with Gasteiger partial charge in [0.25, 0.3) is 5.91 Å². The number of hydrogen-bond acceptors (Lipinski definition) is 13. The molecule has 3 aromatic carbocycles. The number of nitrogens with two attached hydrogens (primary N) is 1. The largest absolute Gasteiger partial charge is 1.00 e. The number of aromatic carboxylic acids is 1. The first kappa shape index (κ1) is 61.2. The van der Waals surface area contributed by atoms with E-state index in [9.17, 15) is 28.8 Å². The maximum atomic E-state index is 12.9. The Morgan fingerprint density at radius 2 is 1.21 bits per heavy atom. The number of H-pyrrole nitrogens is 2. The van der Waals surface area contributed by atoms with Crippen molar-refractivity contribution in [3.05, 3.63) is 122 Å². The molecular weight excluding hydrogens is 1050 g/mol. The van der Waals surface area contributed by atoms with Crippen LogP contribution in [0.1, 0.15) is 118 Å². The minimum Gasteiger partial charge on any atom is -1.00 e. The number of fused-ring (bicyclic) bond motifs is 3. The predicted octanol–water partition coefficient (Wildman–Crippen LogP) is 6.77. The van der Waals surface area contributed by atoms with E-state index in [0.717, 1.165) is 77.1 Å². The smallest absolute Gasteiger partial charge is 1.00 e. The molecule has 3 aliphatic carbocycles. The number of carboxylic acid groups (broad SMARTS) is 1. The zero-order valence-electron chi connectivity index (χ0n) is 41.0. The van der Waals surface area contributed by atoms with Gasteiger partial charge in [-0.15, -0.1) is 12.4 Å². The van der Waals surface area contributed by atoms with Gasteiger partial charge in [-0.1, -0.05) is 132 Å². The van der Waals surface area contributed by atoms with E-state index in [1.807, 2.05) is 35.2 Å². The van der Waals surface area contributed by atoms with E-state index in [0.29, 0.717) is 54.7 Å². The van der Waals surface area contributed by atoms with Crippen LogP contribution in [0.15, 0.2) is 81.4 Å². The molecule has 377 valence electrons. The summed E-state index contributed by atoms with van der Waals surface area (Å²) in [7, 11) is 0. The third-order valence-electron chi connectivity index (χ3n) is 12.7. The maximum absolute atomic E-state index is 12.9. The summed E-state index contributed by atoms with van der Waals surface area (Å²) in [6.45, 7) is 4.15. The number of carbonyl (C=O) groups is 6. The molecule has 6 aliphatic rings. The Labute approximate surface area is 474 Å². The topological polar surface area (TPSA) is 221 Å². The number of aromatic nitrogens is 4. The van der Waals surface area contributed by atoms with E-state index in [4.69, 9.17) is 34.0 Å². The Kier molecular flexibility index (Phi) is 25.7. The number of hydrogen-bond donors (Lipinski definition) is 5. The fourth-order valence-corrected chi connectivity index (χ4v) is 11.4. The van der Waals surface area contributed by atoms with Crippen molar-refractivity contribution in [2.45, 2.75) is 105 Å². The summed E-state index contributed by atoms with van der Waals surface area (Å²) >= 11 is 15.1. The summed E-state index contributed by atoms with van der Waals surface area (Å²) in [6.07, 6.45) is 14.2. The van der Waals surface area contributed by atoms with Gasteiger partial charge < -0.3 is 22.5 Å². The number of carbonyl (C=O) groups excluding carboxylic acids is 5. The molecule has 1 amide bonds. The summed E-state index contributed by atoms with van der Waals surface area (Å²) in [5.74, 6) is 1.12. The second kappa shape index (κ2) is 30.2. The van der Waals surface area contributed by atoms with Crippen LogP contribution in [-0.2, 0) is 46.7 Å². The average molecular weight is 1100 g/mol. The van der Waals surface area contributed by atoms with Gasteiger partial charge in [-0.2, -0.15) is 10.2 Å². The van der Waals surface area contributed by atoms with Crippen LogP contribution in [0.2, 0.25) is 10.3 Å². The van der Waals surface area contributed by atoms with Crippen LogP contribution >= 0.6 is 70.9 Å². The number of halogens is 3. The van der Waals surface area contributed by atoms with Crippen LogP contribution in [0, 0.1) is 17.8 Å². The van der Waals surface area contributed by atoms with E-state index >= 15 is 0 Å². The molecule has 22 heteroatoms. The Morgan fingerprint density at radius 1 is 0.736 bits per heavy atom. The van der Waals surface area contributed by atoms with Gasteiger partial charge in [0.05, 0.1) is 0 Å². The second-order valence-electron chi connectivity index (χ2n) is 17.7. The Hall–Kier alpha value is -3.40. The SMILES string of the molecule is Cl.NCC1CCC1.O=C(O)c1cc(Cl)[nH]n1.O=C1Cc2cccc(CN(CC3CCC3)C(=O)c3cc(Cl)[nH]n3)c2S1.O=C1Cc2cccc(CNCC3CCC3)c2S1.O=Cc1cccc2c1SC(=O)C2.[B].[H-].[Na+]. The van der Waals surface area contributed by atoms with Gasteiger partial charge >= 0.3 is 35.5 Å². The molecule has 3 radical (unpaired) electrons. The molecule has 11 rings (SSSR count). The number of thioether (sulfide) groups is 3. The van der Waals surface area contributed by atoms with Gasteiger partial charge in [0.2, 0.25) is 0 Å². The molecule has 3 fully saturated rings. The fourth-order valence-electron chi connectivity index (χ4n) is 8.18. The quantitative estimate of drug-likeness (QED) is 0.0643. The van der Waals surface area contributed by atoms with Crippen molar-refractivity contribution in [3.8, 4) is 0 Å². The van der Waals surface area contributed by atoms with Crippen molar-refractivity contribution in [1.29, 1.82) is 0 Å². The zero-order chi connectivity index (χ0) is 48.9. The van der Waals surface area contributed by atoms with Gasteiger partial charge in [-0.25, -0.2) is 4.79 Å². The zero-order valence-corrected chi connectivity index (χ0v) is 46.7. The second-order valence-corrected chi connectivity index (χ2v) is 21.7. The third-order valence-corrected chi connectivity index (χ3v) is 16.3. The first-order valence-electron chi connectivity index (χ1n) is 23.1. The van der Waals surface area contributed by atoms with Crippen LogP contribution in [0.25, 0.3) is 0 Å². The molecule has 5 aromatic rings. The van der Waals surface area contributed by atoms with Crippen molar-refractivity contribution in [1.82, 2.24) is 30.6 Å². The van der Waals surface area contributed by atoms with E-state index in [1.165, 1.54) is 102 Å². The molecule has 0 bridgehead atoms. The minimum atomic E-state index is -1.09. The van der Waals surface area contributed by atoms with Gasteiger partial charge in [0.1, 0.15) is 10.3 Å². The molecule has 3 saturated carbocycles. The van der Waals surface area contributed by atoms with E-state index in [2.05, 4.69) is 43.9 Å². The van der Waals surface area contributed by atoms with Crippen molar-refractivity contribution in [2.24, 2.45) is 23.5 Å². The van der Waals surface area contributed by atoms with Crippen LogP contribution in [0.5, 0.6) is 0 Å². The fraction of sp³-hybridized carbons (Fsp3) is 0.400. The van der Waals surface area contributed by atoms with Crippen LogP contribution in [0.4, 0.5) is 0 Å². The van der Waals surface area contributed by atoms with Crippen molar-refractivity contribution in [3.63, 3.8) is 0 Å². The molecular formula is C50H57BCl3N7NaO7S3. The number of carboxylic acids is 1. The van der Waals surface area contributed by atoms with Crippen molar-refractivity contribution >= 4 is 113 Å². The molecule has 2 aromatic heterocycles. The number of nitrogens with one attached hydrogen (secondary N) is 3. The number of aromatic amines is 2. The van der Waals surface area contributed by atoms with Crippen molar-refractivity contribution in [2.75, 3.05) is 19.6 Å². The Bertz CT molecular complexity index is 2670. The summed E-state index contributed by atoms with van der Waals surface area (Å²) in [6, 6.07) is 20.5. The first-order chi connectivity index (χ1) is 33.4. The Balaban J connectivity index is 0.000000256. The van der Waals surface area contributed by atoms with Crippen molar-refractivity contribution < 1.29 is 64.9 Å². The summed E-state index contributed by atoms with van der Waals surface area (Å²) in [5, 5.41) is 25.2. The van der Waals surface area contributed by atoms with Gasteiger partial charge in [0, 0.05) is 79.7 Å². The van der Waals surface area contributed by atoms with E-state index < -0.39 is 5.97 Å². The number of amides is 1. The van der Waals surface area contributed by atoms with Gasteiger partial charge in [0.15, 0.2) is 33.0 Å². The average Bonchev–Trinajstić information content (AvgIpc) is 4.14. The third kappa shape index (κ3) is 17.3. The monoisotopic (exact) mass is 1100 g/mol. The summed E-state index contributed by atoms with van der Waals surface area (Å²) in [5.41, 5.74) is 11.8. The first-order valence-corrected chi connectivity index (χ1v) is 26.3. The molecule has 3 aliphatic heterocycles. The molecule has 72 heavy (non-hydrogen) atoms. The van der Waals surface area contributed by atoms with Crippen LogP contribution < -0.4 is 40.6 Å². The summed E-state index contributed by atoms with van der Waals surface area (Å²) < 4.78 is 0. The maximum Gasteiger partial charge on any atom is 1.00 e. The number of aldehydes is 1. The van der Waals surface area contributed by atoms with Gasteiger partial charge in [-0.3, -0.25) is 34.2 Å². The van der Waals surface area contributed by atoms with E-state index in [1.54, 1.807) is 12.1 Å². The van der Waals surface area contributed by atoms with Gasteiger partial charge in [-0.05, 0) is 97.2 Å². The molecule has 0 unspecified atom stereocenters. The Morgan fingerprint density at radius 3 is 1.64 bits per heavy atom. The van der Waals surface area contributed by atoms with Crippen LogP contribution in [0.3, 0.4) is 0 Å².